The van der Waals surface area contributed by atoms with Crippen molar-refractivity contribution in [2.75, 3.05) is 5.32 Å². The number of carbonyl (C=O) groups is 1. The number of ether oxygens (including phenoxy) is 1. The number of imidazole rings is 1. The molecule has 0 saturated heterocycles. The van der Waals surface area contributed by atoms with Gasteiger partial charge in [0.25, 0.3) is 5.91 Å². The number of hydrogen-bond acceptors (Lipinski definition) is 6. The first-order chi connectivity index (χ1) is 14.7. The number of aromatic nitrogens is 3. The molecule has 30 heavy (non-hydrogen) atoms. The minimum absolute atomic E-state index is 0.190. The molecular weight excluding hydrogens is 416 g/mol. The van der Waals surface area contributed by atoms with Crippen LogP contribution >= 0.6 is 22.7 Å². The molecule has 0 aliphatic heterocycles. The lowest BCUT2D eigenvalue weighted by Gasteiger charge is -2.08. The molecule has 1 amide bonds. The van der Waals surface area contributed by atoms with Gasteiger partial charge in [-0.3, -0.25) is 9.20 Å². The molecule has 3 heterocycles. The molecule has 0 fully saturated rings. The highest BCUT2D eigenvalue weighted by molar-refractivity contribution is 7.15. The number of nitrogens with one attached hydrogen (secondary N) is 1. The van der Waals surface area contributed by atoms with Crippen LogP contribution in [0.25, 0.3) is 16.2 Å². The molecule has 0 saturated carbocycles. The highest BCUT2D eigenvalue weighted by Gasteiger charge is 2.09. The largest absolute Gasteiger partial charge is 0.487 e. The first-order valence-electron chi connectivity index (χ1n) is 9.18. The lowest BCUT2D eigenvalue weighted by Crippen LogP contribution is -2.12. The molecule has 5 aromatic rings. The summed E-state index contributed by atoms with van der Waals surface area (Å²) in [5, 5.41) is 6.87. The maximum Gasteiger partial charge on any atom is 0.255 e. The fraction of sp³-hybridized carbons (Fsp3) is 0.0455. The Morgan fingerprint density at radius 3 is 2.87 bits per heavy atom. The van der Waals surface area contributed by atoms with E-state index in [9.17, 15) is 4.79 Å². The minimum atomic E-state index is -0.190. The van der Waals surface area contributed by atoms with E-state index < -0.39 is 0 Å². The standard InChI is InChI=1S/C22H16N4O2S2/c27-21(16-2-1-3-19(10-16)28-12-18-13-29-14-23-18)24-17-6-4-15(5-7-17)20-11-26-8-9-30-22(26)25-20/h1-11,13-14H,12H2,(H,24,27). The van der Waals surface area contributed by atoms with Crippen molar-refractivity contribution >= 4 is 39.2 Å². The van der Waals surface area contributed by atoms with Crippen LogP contribution in [0.1, 0.15) is 16.1 Å². The first kappa shape index (κ1) is 18.5. The summed E-state index contributed by atoms with van der Waals surface area (Å²) in [4.78, 5) is 22.4. The van der Waals surface area contributed by atoms with Crippen molar-refractivity contribution in [1.29, 1.82) is 0 Å². The summed E-state index contributed by atoms with van der Waals surface area (Å²) >= 11 is 3.12. The van der Waals surface area contributed by atoms with E-state index in [1.165, 1.54) is 11.3 Å². The van der Waals surface area contributed by atoms with E-state index in [0.29, 0.717) is 17.9 Å². The van der Waals surface area contributed by atoms with E-state index in [0.717, 1.165) is 27.6 Å². The van der Waals surface area contributed by atoms with Crippen molar-refractivity contribution in [3.63, 3.8) is 0 Å². The number of rotatable bonds is 6. The maximum absolute atomic E-state index is 12.6. The average Bonchev–Trinajstić information content (AvgIpc) is 3.51. The van der Waals surface area contributed by atoms with Gasteiger partial charge in [0.2, 0.25) is 0 Å². The summed E-state index contributed by atoms with van der Waals surface area (Å²) in [5.74, 6) is 0.440. The van der Waals surface area contributed by atoms with Gasteiger partial charge in [-0.05, 0) is 30.3 Å². The third-order valence-electron chi connectivity index (χ3n) is 4.50. The topological polar surface area (TPSA) is 68.5 Å². The van der Waals surface area contributed by atoms with Crippen LogP contribution in [0.2, 0.25) is 0 Å². The zero-order valence-electron chi connectivity index (χ0n) is 15.7. The molecule has 8 heteroatoms. The number of benzene rings is 2. The van der Waals surface area contributed by atoms with Crippen LogP contribution in [-0.4, -0.2) is 20.3 Å². The third kappa shape index (κ3) is 3.96. The first-order valence-corrected chi connectivity index (χ1v) is 11.0. The Labute approximate surface area is 180 Å². The molecule has 0 atom stereocenters. The van der Waals surface area contributed by atoms with E-state index in [-0.39, 0.29) is 5.91 Å². The molecule has 2 aromatic carbocycles. The van der Waals surface area contributed by atoms with Crippen molar-refractivity contribution in [1.82, 2.24) is 14.4 Å². The van der Waals surface area contributed by atoms with Gasteiger partial charge in [0.05, 0.1) is 16.9 Å². The predicted molar refractivity (Wildman–Crippen MR) is 119 cm³/mol. The molecule has 5 rings (SSSR count). The Kier molecular flexibility index (Phi) is 5.00. The monoisotopic (exact) mass is 432 g/mol. The van der Waals surface area contributed by atoms with Gasteiger partial charge < -0.3 is 10.1 Å². The van der Waals surface area contributed by atoms with Crippen molar-refractivity contribution in [3.05, 3.63) is 88.5 Å². The fourth-order valence-corrected chi connectivity index (χ4v) is 4.23. The van der Waals surface area contributed by atoms with Crippen molar-refractivity contribution in [3.8, 4) is 17.0 Å². The lowest BCUT2D eigenvalue weighted by molar-refractivity contribution is 0.102. The molecule has 3 aromatic heterocycles. The highest BCUT2D eigenvalue weighted by atomic mass is 32.1. The van der Waals surface area contributed by atoms with Crippen LogP contribution in [0, 0.1) is 0 Å². The Balaban J connectivity index is 1.25. The maximum atomic E-state index is 12.6. The number of anilines is 1. The molecule has 0 unspecified atom stereocenters. The summed E-state index contributed by atoms with van der Waals surface area (Å²) in [6, 6.07) is 14.8. The second-order valence-corrected chi connectivity index (χ2v) is 8.14. The van der Waals surface area contributed by atoms with Gasteiger partial charge in [0, 0.05) is 40.0 Å². The van der Waals surface area contributed by atoms with Crippen molar-refractivity contribution in [2.45, 2.75) is 6.61 Å². The van der Waals surface area contributed by atoms with E-state index in [2.05, 4.69) is 15.3 Å². The second kappa shape index (κ2) is 8.10. The molecule has 0 bridgehead atoms. The molecule has 6 nitrogen and oxygen atoms in total. The van der Waals surface area contributed by atoms with E-state index in [1.54, 1.807) is 35.0 Å². The number of hydrogen-bond donors (Lipinski definition) is 1. The summed E-state index contributed by atoms with van der Waals surface area (Å²) in [5.41, 5.74) is 5.80. The van der Waals surface area contributed by atoms with Gasteiger partial charge in [-0.25, -0.2) is 9.97 Å². The Bertz CT molecular complexity index is 1260. The molecule has 0 aliphatic carbocycles. The van der Waals surface area contributed by atoms with Gasteiger partial charge in [-0.1, -0.05) is 18.2 Å². The van der Waals surface area contributed by atoms with E-state index in [1.807, 2.05) is 57.9 Å². The summed E-state index contributed by atoms with van der Waals surface area (Å²) < 4.78 is 7.73. The van der Waals surface area contributed by atoms with Crippen LogP contribution < -0.4 is 10.1 Å². The van der Waals surface area contributed by atoms with Gasteiger partial charge in [-0.2, -0.15) is 0 Å². The SMILES string of the molecule is O=C(Nc1ccc(-c2cn3ccsc3n2)cc1)c1cccc(OCc2cscn2)c1. The highest BCUT2D eigenvalue weighted by Crippen LogP contribution is 2.23. The summed E-state index contributed by atoms with van der Waals surface area (Å²) in [6.07, 6.45) is 3.98. The minimum Gasteiger partial charge on any atom is -0.487 e. The Morgan fingerprint density at radius 2 is 2.07 bits per heavy atom. The number of nitrogens with zero attached hydrogens (tertiary/aromatic N) is 3. The van der Waals surface area contributed by atoms with Crippen LogP contribution in [0.15, 0.2) is 77.2 Å². The van der Waals surface area contributed by atoms with Crippen LogP contribution in [-0.2, 0) is 6.61 Å². The zero-order valence-corrected chi connectivity index (χ0v) is 17.3. The second-order valence-electron chi connectivity index (χ2n) is 6.55. The molecular formula is C22H16N4O2S2. The molecule has 148 valence electrons. The normalized spacial score (nSPS) is 10.9. The smallest absolute Gasteiger partial charge is 0.255 e. The third-order valence-corrected chi connectivity index (χ3v) is 5.90. The Morgan fingerprint density at radius 1 is 1.17 bits per heavy atom. The number of carbonyl (C=O) groups excluding carboxylic acids is 1. The zero-order chi connectivity index (χ0) is 20.3. The fourth-order valence-electron chi connectivity index (χ4n) is 2.99. The van der Waals surface area contributed by atoms with Crippen LogP contribution in [0.4, 0.5) is 5.69 Å². The van der Waals surface area contributed by atoms with Crippen molar-refractivity contribution < 1.29 is 9.53 Å². The van der Waals surface area contributed by atoms with Gasteiger partial charge in [0.15, 0.2) is 4.96 Å². The molecule has 1 N–H and O–H groups in total. The van der Waals surface area contributed by atoms with E-state index in [4.69, 9.17) is 4.74 Å². The van der Waals surface area contributed by atoms with Crippen LogP contribution in [0.5, 0.6) is 5.75 Å². The Hall–Kier alpha value is -3.49. The average molecular weight is 433 g/mol. The van der Waals surface area contributed by atoms with Gasteiger partial charge >= 0.3 is 0 Å². The molecule has 0 radical (unpaired) electrons. The predicted octanol–water partition coefficient (Wildman–Crippen LogP) is 5.35. The number of fused-ring (bicyclic) bond motifs is 1. The van der Waals surface area contributed by atoms with Gasteiger partial charge in [0.1, 0.15) is 12.4 Å². The molecule has 0 spiro atoms. The summed E-state index contributed by atoms with van der Waals surface area (Å²) in [6.45, 7) is 0.377. The lowest BCUT2D eigenvalue weighted by atomic mass is 10.1. The molecule has 0 aliphatic rings. The van der Waals surface area contributed by atoms with E-state index >= 15 is 0 Å². The van der Waals surface area contributed by atoms with Crippen molar-refractivity contribution in [2.24, 2.45) is 0 Å². The van der Waals surface area contributed by atoms with Crippen LogP contribution in [0.3, 0.4) is 0 Å². The van der Waals surface area contributed by atoms with Gasteiger partial charge in [-0.15, -0.1) is 22.7 Å². The number of thiazole rings is 2. The number of amides is 1. The quantitative estimate of drug-likeness (QED) is 0.393. The summed E-state index contributed by atoms with van der Waals surface area (Å²) in [7, 11) is 0.